The fraction of sp³-hybridized carbons (Fsp3) is 0.375. The summed E-state index contributed by atoms with van der Waals surface area (Å²) in [4.78, 5) is 12.1. The monoisotopic (exact) mass is 318 g/mol. The predicted octanol–water partition coefficient (Wildman–Crippen LogP) is 1.53. The van der Waals surface area contributed by atoms with Crippen molar-refractivity contribution >= 4 is 5.91 Å². The van der Waals surface area contributed by atoms with Gasteiger partial charge in [-0.1, -0.05) is 11.2 Å². The minimum atomic E-state index is -0.852. The maximum atomic E-state index is 12.1. The average Bonchev–Trinajstić information content (AvgIpc) is 2.90. The molecule has 0 radical (unpaired) electrons. The van der Waals surface area contributed by atoms with E-state index in [9.17, 15) is 9.90 Å². The highest BCUT2D eigenvalue weighted by atomic mass is 16.6. The van der Waals surface area contributed by atoms with Crippen LogP contribution in [0.2, 0.25) is 0 Å². The SMILES string of the molecule is Cc1noc(C)c1C(=O)NC[C@H](O)c1ccc2c(c1)OCCO2. The Bertz CT molecular complexity index is 706. The Balaban J connectivity index is 1.65. The van der Waals surface area contributed by atoms with E-state index in [0.29, 0.717) is 47.3 Å². The Hall–Kier alpha value is -2.54. The number of ether oxygens (including phenoxy) is 2. The number of aliphatic hydroxyl groups is 1. The number of carbonyl (C=O) groups excluding carboxylic acids is 1. The summed E-state index contributed by atoms with van der Waals surface area (Å²) in [6.07, 6.45) is -0.852. The van der Waals surface area contributed by atoms with Gasteiger partial charge in [-0.2, -0.15) is 0 Å². The van der Waals surface area contributed by atoms with Crippen LogP contribution in [-0.4, -0.2) is 35.9 Å². The number of aryl methyl sites for hydroxylation is 2. The zero-order chi connectivity index (χ0) is 16.4. The molecule has 0 saturated heterocycles. The first-order valence-corrected chi connectivity index (χ1v) is 7.35. The maximum absolute atomic E-state index is 12.1. The van der Waals surface area contributed by atoms with E-state index >= 15 is 0 Å². The lowest BCUT2D eigenvalue weighted by molar-refractivity contribution is 0.0913. The normalized spacial score (nSPS) is 14.4. The molecule has 1 aliphatic heterocycles. The quantitative estimate of drug-likeness (QED) is 0.888. The van der Waals surface area contributed by atoms with Crippen LogP contribution in [0, 0.1) is 13.8 Å². The molecule has 7 nitrogen and oxygen atoms in total. The number of nitrogens with one attached hydrogen (secondary N) is 1. The van der Waals surface area contributed by atoms with Crippen molar-refractivity contribution in [3.63, 3.8) is 0 Å². The lowest BCUT2D eigenvalue weighted by Crippen LogP contribution is -2.29. The Morgan fingerprint density at radius 1 is 1.30 bits per heavy atom. The van der Waals surface area contributed by atoms with Crippen LogP contribution in [0.25, 0.3) is 0 Å². The lowest BCUT2D eigenvalue weighted by Gasteiger charge is -2.20. The fourth-order valence-corrected chi connectivity index (χ4v) is 2.47. The van der Waals surface area contributed by atoms with Crippen LogP contribution in [0.15, 0.2) is 22.7 Å². The number of nitrogens with zero attached hydrogens (tertiary/aromatic N) is 1. The minimum absolute atomic E-state index is 0.0720. The van der Waals surface area contributed by atoms with Crippen molar-refractivity contribution in [2.45, 2.75) is 20.0 Å². The van der Waals surface area contributed by atoms with Gasteiger partial charge >= 0.3 is 0 Å². The summed E-state index contributed by atoms with van der Waals surface area (Å²) in [7, 11) is 0. The van der Waals surface area contributed by atoms with Gasteiger partial charge in [0.1, 0.15) is 24.5 Å². The molecule has 0 saturated carbocycles. The van der Waals surface area contributed by atoms with Crippen LogP contribution < -0.4 is 14.8 Å². The summed E-state index contributed by atoms with van der Waals surface area (Å²) in [5.74, 6) is 1.39. The zero-order valence-electron chi connectivity index (χ0n) is 13.0. The molecular weight excluding hydrogens is 300 g/mol. The van der Waals surface area contributed by atoms with Gasteiger partial charge in [0.2, 0.25) is 0 Å². The molecule has 0 fully saturated rings. The number of hydrogen-bond donors (Lipinski definition) is 2. The van der Waals surface area contributed by atoms with Crippen LogP contribution in [0.4, 0.5) is 0 Å². The molecule has 0 unspecified atom stereocenters. The van der Waals surface area contributed by atoms with Crippen molar-refractivity contribution in [3.05, 3.63) is 40.8 Å². The summed E-state index contributed by atoms with van der Waals surface area (Å²) in [6.45, 7) is 4.44. The molecule has 2 aromatic rings. The molecule has 0 bridgehead atoms. The molecule has 23 heavy (non-hydrogen) atoms. The highest BCUT2D eigenvalue weighted by Gasteiger charge is 2.20. The standard InChI is InChI=1S/C16H18N2O5/c1-9-15(10(2)23-18-9)16(20)17-8-12(19)11-3-4-13-14(7-11)22-6-5-21-13/h3-4,7,12,19H,5-6,8H2,1-2H3,(H,17,20)/t12-/m0/s1. The Morgan fingerprint density at radius 3 is 2.74 bits per heavy atom. The van der Waals surface area contributed by atoms with Gasteiger partial charge in [-0.25, -0.2) is 0 Å². The van der Waals surface area contributed by atoms with Crippen molar-refractivity contribution in [1.82, 2.24) is 10.5 Å². The molecule has 3 rings (SSSR count). The smallest absolute Gasteiger partial charge is 0.256 e. The van der Waals surface area contributed by atoms with E-state index in [1.165, 1.54) is 0 Å². The van der Waals surface area contributed by atoms with Crippen molar-refractivity contribution in [2.24, 2.45) is 0 Å². The predicted molar refractivity (Wildman–Crippen MR) is 80.7 cm³/mol. The average molecular weight is 318 g/mol. The van der Waals surface area contributed by atoms with Gasteiger partial charge in [0.25, 0.3) is 5.91 Å². The second-order valence-corrected chi connectivity index (χ2v) is 5.33. The molecule has 1 aromatic heterocycles. The number of hydrogen-bond acceptors (Lipinski definition) is 6. The van der Waals surface area contributed by atoms with Crippen molar-refractivity contribution in [2.75, 3.05) is 19.8 Å². The van der Waals surface area contributed by atoms with Gasteiger partial charge in [-0.05, 0) is 31.5 Å². The van der Waals surface area contributed by atoms with Crippen LogP contribution in [0.3, 0.4) is 0 Å². The molecule has 1 aromatic carbocycles. The number of rotatable bonds is 4. The summed E-state index contributed by atoms with van der Waals surface area (Å²) in [5.41, 5.74) is 1.57. The third-order valence-corrected chi connectivity index (χ3v) is 3.67. The van der Waals surface area contributed by atoms with Crippen LogP contribution in [-0.2, 0) is 0 Å². The van der Waals surface area contributed by atoms with Crippen molar-refractivity contribution in [1.29, 1.82) is 0 Å². The van der Waals surface area contributed by atoms with E-state index in [1.807, 2.05) is 0 Å². The number of aliphatic hydroxyl groups excluding tert-OH is 1. The highest BCUT2D eigenvalue weighted by molar-refractivity contribution is 5.96. The van der Waals surface area contributed by atoms with Crippen LogP contribution in [0.1, 0.15) is 33.5 Å². The Morgan fingerprint density at radius 2 is 2.04 bits per heavy atom. The Labute approximate surface area is 133 Å². The van der Waals surface area contributed by atoms with Gasteiger partial charge in [0, 0.05) is 6.54 Å². The first kappa shape index (κ1) is 15.4. The van der Waals surface area contributed by atoms with Gasteiger partial charge in [0.15, 0.2) is 11.5 Å². The van der Waals surface area contributed by atoms with E-state index in [4.69, 9.17) is 14.0 Å². The van der Waals surface area contributed by atoms with Crippen LogP contribution in [0.5, 0.6) is 11.5 Å². The highest BCUT2D eigenvalue weighted by Crippen LogP contribution is 2.32. The number of benzene rings is 1. The molecule has 2 heterocycles. The first-order valence-electron chi connectivity index (χ1n) is 7.35. The second kappa shape index (κ2) is 6.29. The fourth-order valence-electron chi connectivity index (χ4n) is 2.47. The van der Waals surface area contributed by atoms with Gasteiger partial charge in [0.05, 0.1) is 11.8 Å². The van der Waals surface area contributed by atoms with Gasteiger partial charge < -0.3 is 24.4 Å². The van der Waals surface area contributed by atoms with E-state index in [1.54, 1.807) is 32.0 Å². The minimum Gasteiger partial charge on any atom is -0.486 e. The van der Waals surface area contributed by atoms with Crippen LogP contribution >= 0.6 is 0 Å². The van der Waals surface area contributed by atoms with Crippen molar-refractivity contribution < 1.29 is 23.9 Å². The summed E-state index contributed by atoms with van der Waals surface area (Å²) < 4.78 is 15.9. The zero-order valence-corrected chi connectivity index (χ0v) is 13.0. The van der Waals surface area contributed by atoms with E-state index in [-0.39, 0.29) is 12.5 Å². The summed E-state index contributed by atoms with van der Waals surface area (Å²) >= 11 is 0. The summed E-state index contributed by atoms with van der Waals surface area (Å²) in [6, 6.07) is 5.23. The second-order valence-electron chi connectivity index (χ2n) is 5.33. The molecule has 122 valence electrons. The number of carbonyl (C=O) groups is 1. The molecular formula is C16H18N2O5. The van der Waals surface area contributed by atoms with E-state index < -0.39 is 6.10 Å². The molecule has 7 heteroatoms. The third kappa shape index (κ3) is 3.14. The first-order chi connectivity index (χ1) is 11.1. The number of aromatic nitrogens is 1. The molecule has 0 spiro atoms. The largest absolute Gasteiger partial charge is 0.486 e. The maximum Gasteiger partial charge on any atom is 0.256 e. The topological polar surface area (TPSA) is 93.8 Å². The van der Waals surface area contributed by atoms with E-state index in [2.05, 4.69) is 10.5 Å². The van der Waals surface area contributed by atoms with Gasteiger partial charge in [-0.3, -0.25) is 4.79 Å². The summed E-state index contributed by atoms with van der Waals surface area (Å²) in [5, 5.41) is 16.7. The molecule has 2 N–H and O–H groups in total. The lowest BCUT2D eigenvalue weighted by atomic mass is 10.1. The van der Waals surface area contributed by atoms with E-state index in [0.717, 1.165) is 0 Å². The molecule has 0 aliphatic carbocycles. The number of fused-ring (bicyclic) bond motifs is 1. The molecule has 1 amide bonds. The molecule has 1 aliphatic rings. The van der Waals surface area contributed by atoms with Gasteiger partial charge in [-0.15, -0.1) is 0 Å². The Kier molecular flexibility index (Phi) is 4.20. The molecule has 1 atom stereocenters. The third-order valence-electron chi connectivity index (χ3n) is 3.67. The number of amides is 1. The van der Waals surface area contributed by atoms with Crippen molar-refractivity contribution in [3.8, 4) is 11.5 Å².